The lowest BCUT2D eigenvalue weighted by atomic mass is 9.99. The van der Waals surface area contributed by atoms with Gasteiger partial charge >= 0.3 is 0 Å². The van der Waals surface area contributed by atoms with Crippen LogP contribution in [-0.2, 0) is 6.42 Å². The maximum atomic E-state index is 9.62. The number of rotatable bonds is 2. The van der Waals surface area contributed by atoms with Crippen LogP contribution in [0.25, 0.3) is 0 Å². The van der Waals surface area contributed by atoms with E-state index < -0.39 is 0 Å². The van der Waals surface area contributed by atoms with Crippen molar-refractivity contribution < 1.29 is 14.8 Å². The topological polar surface area (TPSA) is 104 Å². The van der Waals surface area contributed by atoms with E-state index in [0.29, 0.717) is 11.3 Å². The van der Waals surface area contributed by atoms with Crippen molar-refractivity contribution in [1.29, 1.82) is 0 Å². The molecule has 2 aromatic rings. The van der Waals surface area contributed by atoms with Gasteiger partial charge in [-0.05, 0) is 36.6 Å². The zero-order valence-electron chi connectivity index (χ0n) is 10.5. The molecule has 0 fully saturated rings. The molecule has 0 radical (unpaired) electrons. The van der Waals surface area contributed by atoms with Crippen LogP contribution in [0.2, 0.25) is 0 Å². The molecule has 1 aliphatic carbocycles. The van der Waals surface area contributed by atoms with Crippen molar-refractivity contribution in [3.63, 3.8) is 0 Å². The quantitative estimate of drug-likeness (QED) is 0.638. The fraction of sp³-hybridized carbons (Fsp3) is 0.231. The summed E-state index contributed by atoms with van der Waals surface area (Å²) in [5.74, 6) is -0.0575. The first-order valence-electron chi connectivity index (χ1n) is 6.18. The van der Waals surface area contributed by atoms with Crippen molar-refractivity contribution in [3.8, 4) is 11.5 Å². The number of benzene rings is 1. The molecule has 0 spiro atoms. The van der Waals surface area contributed by atoms with Crippen molar-refractivity contribution in [2.45, 2.75) is 19.3 Å². The number of nitrogens with zero attached hydrogens (tertiary/aromatic N) is 4. The molecule has 0 amide bonds. The molecule has 7 heteroatoms. The second-order valence-electron chi connectivity index (χ2n) is 4.45. The molecule has 7 nitrogen and oxygen atoms in total. The van der Waals surface area contributed by atoms with Gasteiger partial charge in [0.1, 0.15) is 17.2 Å². The monoisotopic (exact) mass is 272 g/mol. The minimum atomic E-state index is -0.0543. The summed E-state index contributed by atoms with van der Waals surface area (Å²) < 4.78 is 4.69. The van der Waals surface area contributed by atoms with E-state index in [1.165, 1.54) is 18.3 Å². The number of aromatic hydroxyl groups is 2. The average molecular weight is 272 g/mol. The first kappa shape index (κ1) is 12.3. The van der Waals surface area contributed by atoms with Crippen molar-refractivity contribution >= 4 is 11.9 Å². The first-order valence-corrected chi connectivity index (χ1v) is 6.18. The molecule has 0 bridgehead atoms. The molecule has 1 aromatic heterocycles. The van der Waals surface area contributed by atoms with Gasteiger partial charge in [0.05, 0.1) is 11.9 Å². The molecule has 1 aliphatic rings. The minimum absolute atomic E-state index is 0.00319. The van der Waals surface area contributed by atoms with Crippen LogP contribution in [0.3, 0.4) is 0 Å². The van der Waals surface area contributed by atoms with E-state index in [9.17, 15) is 10.2 Å². The number of phenolic OH excluding ortho intramolecular Hbond substituents is 2. The normalized spacial score (nSPS) is 16.7. The van der Waals surface area contributed by atoms with E-state index in [0.717, 1.165) is 30.7 Å². The molecule has 102 valence electrons. The molecule has 3 rings (SSSR count). The van der Waals surface area contributed by atoms with Gasteiger partial charge < -0.3 is 10.2 Å². The van der Waals surface area contributed by atoms with E-state index in [2.05, 4.69) is 20.5 Å². The average Bonchev–Trinajstić information content (AvgIpc) is 2.90. The minimum Gasteiger partial charge on any atom is -0.508 e. The summed E-state index contributed by atoms with van der Waals surface area (Å²) in [5.41, 5.74) is 2.66. The molecule has 20 heavy (non-hydrogen) atoms. The Bertz CT molecular complexity index is 691. The molecular formula is C13H12N4O3. The van der Waals surface area contributed by atoms with Gasteiger partial charge in [-0.2, -0.15) is 10.2 Å². The van der Waals surface area contributed by atoms with Gasteiger partial charge in [0.15, 0.2) is 5.69 Å². The Hall–Kier alpha value is -2.70. The number of fused-ring (bicyclic) bond motifs is 1. The van der Waals surface area contributed by atoms with E-state index in [1.54, 1.807) is 6.07 Å². The summed E-state index contributed by atoms with van der Waals surface area (Å²) in [6, 6.07) is 4.27. The lowest BCUT2D eigenvalue weighted by Crippen LogP contribution is -2.11. The second-order valence-corrected chi connectivity index (χ2v) is 4.45. The lowest BCUT2D eigenvalue weighted by molar-refractivity contribution is 0.303. The molecule has 1 heterocycles. The third kappa shape index (κ3) is 2.37. The SMILES string of the molecule is Oc1ccc(C=NN=C2CCCc3nonc32)c(O)c1. The highest BCUT2D eigenvalue weighted by Crippen LogP contribution is 2.21. The van der Waals surface area contributed by atoms with Crippen LogP contribution in [0.5, 0.6) is 11.5 Å². The van der Waals surface area contributed by atoms with Gasteiger partial charge in [0.25, 0.3) is 0 Å². The van der Waals surface area contributed by atoms with Gasteiger partial charge in [0.2, 0.25) is 0 Å². The van der Waals surface area contributed by atoms with Gasteiger partial charge in [-0.25, -0.2) is 4.63 Å². The summed E-state index contributed by atoms with van der Waals surface area (Å²) in [5, 5.41) is 34.5. The maximum Gasteiger partial charge on any atom is 0.154 e. The van der Waals surface area contributed by atoms with Gasteiger partial charge in [-0.3, -0.25) is 0 Å². The molecule has 0 unspecified atom stereocenters. The molecule has 0 saturated heterocycles. The van der Waals surface area contributed by atoms with E-state index >= 15 is 0 Å². The molecule has 2 N–H and O–H groups in total. The van der Waals surface area contributed by atoms with Crippen LogP contribution in [-0.4, -0.2) is 32.5 Å². The third-order valence-corrected chi connectivity index (χ3v) is 3.05. The Labute approximate surface area is 114 Å². The standard InChI is InChI=1S/C13H12N4O3/c18-9-5-4-8(12(19)6-9)7-14-15-10-2-1-3-11-13(10)17-20-16-11/h4-7,18-19H,1-3H2. The zero-order chi connectivity index (χ0) is 13.9. The highest BCUT2D eigenvalue weighted by atomic mass is 16.6. The van der Waals surface area contributed by atoms with Crippen LogP contribution in [0.4, 0.5) is 0 Å². The molecule has 0 saturated carbocycles. The summed E-state index contributed by atoms with van der Waals surface area (Å²) in [7, 11) is 0. The summed E-state index contributed by atoms with van der Waals surface area (Å²) >= 11 is 0. The van der Waals surface area contributed by atoms with E-state index in [-0.39, 0.29) is 11.5 Å². The highest BCUT2D eigenvalue weighted by molar-refractivity contribution is 6.00. The Kier molecular flexibility index (Phi) is 3.16. The number of phenols is 2. The van der Waals surface area contributed by atoms with Crippen LogP contribution in [0.1, 0.15) is 29.8 Å². The fourth-order valence-electron chi connectivity index (χ4n) is 2.03. The Morgan fingerprint density at radius 1 is 1.20 bits per heavy atom. The van der Waals surface area contributed by atoms with Crippen LogP contribution in [0.15, 0.2) is 33.0 Å². The number of hydrogen-bond donors (Lipinski definition) is 2. The summed E-state index contributed by atoms with van der Waals surface area (Å²) in [6.45, 7) is 0. The summed E-state index contributed by atoms with van der Waals surface area (Å²) in [6.07, 6.45) is 3.95. The van der Waals surface area contributed by atoms with Gasteiger partial charge in [-0.1, -0.05) is 5.16 Å². The van der Waals surface area contributed by atoms with Crippen molar-refractivity contribution in [2.24, 2.45) is 10.2 Å². The second kappa shape index (κ2) is 5.12. The van der Waals surface area contributed by atoms with Gasteiger partial charge in [-0.15, -0.1) is 0 Å². The van der Waals surface area contributed by atoms with Crippen LogP contribution in [0, 0.1) is 0 Å². The Morgan fingerprint density at radius 2 is 2.10 bits per heavy atom. The molecular weight excluding hydrogens is 260 g/mol. The molecule has 0 atom stereocenters. The number of aromatic nitrogens is 2. The number of aryl methyl sites for hydroxylation is 1. The predicted molar refractivity (Wildman–Crippen MR) is 71.1 cm³/mol. The maximum absolute atomic E-state index is 9.62. The van der Waals surface area contributed by atoms with E-state index in [4.69, 9.17) is 4.63 Å². The highest BCUT2D eigenvalue weighted by Gasteiger charge is 2.20. The largest absolute Gasteiger partial charge is 0.508 e. The Balaban J connectivity index is 1.83. The predicted octanol–water partition coefficient (Wildman–Crippen LogP) is 1.64. The first-order chi connectivity index (χ1) is 9.74. The lowest BCUT2D eigenvalue weighted by Gasteiger charge is -2.07. The fourth-order valence-corrected chi connectivity index (χ4v) is 2.03. The van der Waals surface area contributed by atoms with Crippen LogP contribution < -0.4 is 0 Å². The van der Waals surface area contributed by atoms with Crippen LogP contribution >= 0.6 is 0 Å². The van der Waals surface area contributed by atoms with Gasteiger partial charge in [0, 0.05) is 11.6 Å². The van der Waals surface area contributed by atoms with E-state index in [1.807, 2.05) is 0 Å². The Morgan fingerprint density at radius 3 is 2.95 bits per heavy atom. The summed E-state index contributed by atoms with van der Waals surface area (Å²) in [4.78, 5) is 0. The zero-order valence-corrected chi connectivity index (χ0v) is 10.5. The third-order valence-electron chi connectivity index (χ3n) is 3.05. The van der Waals surface area contributed by atoms with Crippen molar-refractivity contribution in [2.75, 3.05) is 0 Å². The van der Waals surface area contributed by atoms with Crippen molar-refractivity contribution in [3.05, 3.63) is 35.2 Å². The smallest absolute Gasteiger partial charge is 0.154 e. The molecule has 0 aliphatic heterocycles. The van der Waals surface area contributed by atoms with Crippen molar-refractivity contribution in [1.82, 2.24) is 10.3 Å². The molecule has 1 aromatic carbocycles. The number of hydrogen-bond acceptors (Lipinski definition) is 7.